The molecule has 21 heavy (non-hydrogen) atoms. The number of rotatable bonds is 3. The Bertz CT molecular complexity index is 732. The molecule has 5 heteroatoms. The van der Waals surface area contributed by atoms with Crippen molar-refractivity contribution in [2.24, 2.45) is 0 Å². The number of aromatic nitrogens is 1. The van der Waals surface area contributed by atoms with Gasteiger partial charge in [0, 0.05) is 11.3 Å². The van der Waals surface area contributed by atoms with Gasteiger partial charge in [0.2, 0.25) is 0 Å². The lowest BCUT2D eigenvalue weighted by molar-refractivity contribution is 0.101. The summed E-state index contributed by atoms with van der Waals surface area (Å²) < 4.78 is 13.8. The lowest BCUT2D eigenvalue weighted by atomic mass is 10.1. The third-order valence-electron chi connectivity index (χ3n) is 3.39. The fourth-order valence-corrected chi connectivity index (χ4v) is 2.41. The molecule has 0 saturated heterocycles. The average molecular weight is 288 g/mol. The Morgan fingerprint density at radius 1 is 1.19 bits per heavy atom. The van der Waals surface area contributed by atoms with Crippen molar-refractivity contribution in [1.82, 2.24) is 4.98 Å². The first-order valence-corrected chi connectivity index (χ1v) is 6.59. The van der Waals surface area contributed by atoms with E-state index in [9.17, 15) is 14.0 Å². The number of anilines is 1. The molecule has 0 aliphatic carbocycles. The van der Waals surface area contributed by atoms with E-state index < -0.39 is 11.7 Å². The Balaban J connectivity index is 2.33. The van der Waals surface area contributed by atoms with Gasteiger partial charge >= 0.3 is 0 Å². The largest absolute Gasteiger partial charge is 0.354 e. The molecule has 0 unspecified atom stereocenters. The predicted molar refractivity (Wildman–Crippen MR) is 79.4 cm³/mol. The third kappa shape index (κ3) is 2.86. The maximum absolute atomic E-state index is 13.8. The van der Waals surface area contributed by atoms with Gasteiger partial charge in [-0.3, -0.25) is 9.59 Å². The SMILES string of the molecule is CC(=O)c1c(C)[nH]c(C(=O)Nc2ccc(C)cc2F)c1C. The molecule has 1 heterocycles. The number of nitrogens with one attached hydrogen (secondary N) is 2. The van der Waals surface area contributed by atoms with Crippen molar-refractivity contribution < 1.29 is 14.0 Å². The summed E-state index contributed by atoms with van der Waals surface area (Å²) in [5.41, 5.74) is 2.87. The van der Waals surface area contributed by atoms with E-state index in [0.717, 1.165) is 5.56 Å². The highest BCUT2D eigenvalue weighted by molar-refractivity contribution is 6.07. The summed E-state index contributed by atoms with van der Waals surface area (Å²) >= 11 is 0. The van der Waals surface area contributed by atoms with Gasteiger partial charge in [-0.05, 0) is 51.0 Å². The van der Waals surface area contributed by atoms with Crippen LogP contribution >= 0.6 is 0 Å². The number of carbonyl (C=O) groups is 2. The quantitative estimate of drug-likeness (QED) is 0.849. The van der Waals surface area contributed by atoms with Crippen LogP contribution in [0, 0.1) is 26.6 Å². The van der Waals surface area contributed by atoms with E-state index in [0.29, 0.717) is 16.8 Å². The maximum atomic E-state index is 13.8. The van der Waals surface area contributed by atoms with Crippen LogP contribution in [0.2, 0.25) is 0 Å². The highest BCUT2D eigenvalue weighted by atomic mass is 19.1. The summed E-state index contributed by atoms with van der Waals surface area (Å²) in [5, 5.41) is 2.52. The molecule has 1 aromatic heterocycles. The minimum absolute atomic E-state index is 0.109. The first kappa shape index (κ1) is 15.0. The molecule has 1 amide bonds. The van der Waals surface area contributed by atoms with Crippen molar-refractivity contribution in [1.29, 1.82) is 0 Å². The number of aromatic amines is 1. The number of hydrogen-bond donors (Lipinski definition) is 2. The molecule has 110 valence electrons. The number of aryl methyl sites for hydroxylation is 2. The molecule has 0 aliphatic rings. The Hall–Kier alpha value is -2.43. The third-order valence-corrected chi connectivity index (χ3v) is 3.39. The molecule has 0 radical (unpaired) electrons. The summed E-state index contributed by atoms with van der Waals surface area (Å²) in [6.07, 6.45) is 0. The molecule has 1 aromatic carbocycles. The summed E-state index contributed by atoms with van der Waals surface area (Å²) in [4.78, 5) is 26.7. The van der Waals surface area contributed by atoms with Crippen molar-refractivity contribution in [2.45, 2.75) is 27.7 Å². The Labute approximate surface area is 122 Å². The molecular formula is C16H17FN2O2. The Morgan fingerprint density at radius 3 is 2.38 bits per heavy atom. The molecule has 0 aliphatic heterocycles. The monoisotopic (exact) mass is 288 g/mol. The van der Waals surface area contributed by atoms with Gasteiger partial charge in [0.05, 0.1) is 5.69 Å². The van der Waals surface area contributed by atoms with E-state index in [4.69, 9.17) is 0 Å². The molecule has 2 N–H and O–H groups in total. The standard InChI is InChI=1S/C16H17FN2O2/c1-8-5-6-13(12(17)7-8)19-16(21)15-9(2)14(11(4)20)10(3)18-15/h5-7,18H,1-4H3,(H,19,21). The maximum Gasteiger partial charge on any atom is 0.272 e. The minimum atomic E-state index is -0.490. The molecule has 4 nitrogen and oxygen atoms in total. The van der Waals surface area contributed by atoms with Crippen molar-refractivity contribution >= 4 is 17.4 Å². The Kier molecular flexibility index (Phi) is 3.93. The first-order chi connectivity index (χ1) is 9.81. The van der Waals surface area contributed by atoms with Gasteiger partial charge in [0.15, 0.2) is 5.78 Å². The van der Waals surface area contributed by atoms with Crippen LogP contribution in [0.15, 0.2) is 18.2 Å². The van der Waals surface area contributed by atoms with Gasteiger partial charge in [-0.1, -0.05) is 6.07 Å². The Morgan fingerprint density at radius 2 is 1.86 bits per heavy atom. The van der Waals surface area contributed by atoms with Crippen LogP contribution in [0.3, 0.4) is 0 Å². The van der Waals surface area contributed by atoms with E-state index in [1.807, 2.05) is 0 Å². The number of amides is 1. The van der Waals surface area contributed by atoms with Gasteiger partial charge in [-0.15, -0.1) is 0 Å². The van der Waals surface area contributed by atoms with E-state index in [1.54, 1.807) is 26.8 Å². The second kappa shape index (κ2) is 5.52. The number of hydrogen-bond acceptors (Lipinski definition) is 2. The molecule has 0 bridgehead atoms. The van der Waals surface area contributed by atoms with E-state index >= 15 is 0 Å². The normalized spacial score (nSPS) is 10.5. The molecule has 0 fully saturated rings. The van der Waals surface area contributed by atoms with E-state index in [2.05, 4.69) is 10.3 Å². The lowest BCUT2D eigenvalue weighted by Gasteiger charge is -2.07. The van der Waals surface area contributed by atoms with E-state index in [-0.39, 0.29) is 17.2 Å². The zero-order valence-electron chi connectivity index (χ0n) is 12.4. The van der Waals surface area contributed by atoms with Gasteiger partial charge < -0.3 is 10.3 Å². The molecule has 2 rings (SSSR count). The zero-order valence-corrected chi connectivity index (χ0v) is 12.4. The highest BCUT2D eigenvalue weighted by Crippen LogP contribution is 2.21. The number of halogens is 1. The molecule has 2 aromatic rings. The summed E-state index contributed by atoms with van der Waals surface area (Å²) in [7, 11) is 0. The fourth-order valence-electron chi connectivity index (χ4n) is 2.41. The number of H-pyrrole nitrogens is 1. The predicted octanol–water partition coefficient (Wildman–Crippen LogP) is 3.53. The van der Waals surface area contributed by atoms with Gasteiger partial charge in [0.25, 0.3) is 5.91 Å². The summed E-state index contributed by atoms with van der Waals surface area (Å²) in [5.74, 6) is -1.07. The summed E-state index contributed by atoms with van der Waals surface area (Å²) in [6, 6.07) is 4.58. The molecule has 0 saturated carbocycles. The second-order valence-corrected chi connectivity index (χ2v) is 5.12. The number of ketones is 1. The van der Waals surface area contributed by atoms with Crippen molar-refractivity contribution in [3.8, 4) is 0 Å². The molecular weight excluding hydrogens is 271 g/mol. The van der Waals surface area contributed by atoms with Gasteiger partial charge in [-0.2, -0.15) is 0 Å². The van der Waals surface area contributed by atoms with Crippen LogP contribution in [-0.4, -0.2) is 16.7 Å². The smallest absolute Gasteiger partial charge is 0.272 e. The lowest BCUT2D eigenvalue weighted by Crippen LogP contribution is -2.15. The van der Waals surface area contributed by atoms with Crippen molar-refractivity contribution in [3.63, 3.8) is 0 Å². The van der Waals surface area contributed by atoms with Crippen LogP contribution in [0.1, 0.15) is 44.6 Å². The summed E-state index contributed by atoms with van der Waals surface area (Å²) in [6.45, 7) is 6.64. The van der Waals surface area contributed by atoms with Crippen molar-refractivity contribution in [2.75, 3.05) is 5.32 Å². The second-order valence-electron chi connectivity index (χ2n) is 5.12. The average Bonchev–Trinajstić information content (AvgIpc) is 2.68. The number of benzene rings is 1. The topological polar surface area (TPSA) is 62.0 Å². The van der Waals surface area contributed by atoms with E-state index in [1.165, 1.54) is 19.1 Å². The van der Waals surface area contributed by atoms with Gasteiger partial charge in [-0.25, -0.2) is 4.39 Å². The first-order valence-electron chi connectivity index (χ1n) is 6.59. The van der Waals surface area contributed by atoms with Gasteiger partial charge in [0.1, 0.15) is 11.5 Å². The number of carbonyl (C=O) groups excluding carboxylic acids is 2. The minimum Gasteiger partial charge on any atom is -0.354 e. The van der Waals surface area contributed by atoms with Crippen LogP contribution in [0.4, 0.5) is 10.1 Å². The highest BCUT2D eigenvalue weighted by Gasteiger charge is 2.20. The van der Waals surface area contributed by atoms with Crippen LogP contribution in [0.5, 0.6) is 0 Å². The number of Topliss-reactive ketones (excluding diaryl/α,β-unsaturated/α-hetero) is 1. The van der Waals surface area contributed by atoms with Crippen LogP contribution in [-0.2, 0) is 0 Å². The zero-order chi connectivity index (χ0) is 15.7. The van der Waals surface area contributed by atoms with Crippen LogP contribution < -0.4 is 5.32 Å². The fraction of sp³-hybridized carbons (Fsp3) is 0.250. The molecule has 0 spiro atoms. The van der Waals surface area contributed by atoms with Crippen molar-refractivity contribution in [3.05, 3.63) is 52.1 Å². The van der Waals surface area contributed by atoms with Crippen LogP contribution in [0.25, 0.3) is 0 Å². The molecule has 0 atom stereocenters.